The van der Waals surface area contributed by atoms with Crippen LogP contribution in [0.5, 0.6) is 0 Å². The van der Waals surface area contributed by atoms with Gasteiger partial charge >= 0.3 is 0 Å². The number of aliphatic hydroxyl groups excluding tert-OH is 1. The number of thiophene rings is 1. The first-order valence-corrected chi connectivity index (χ1v) is 10.7. The molecule has 0 bridgehead atoms. The van der Waals surface area contributed by atoms with Crippen LogP contribution in [-0.4, -0.2) is 45.9 Å². The van der Waals surface area contributed by atoms with Gasteiger partial charge in [-0.05, 0) is 31.7 Å². The molecule has 0 radical (unpaired) electrons. The Labute approximate surface area is 169 Å². The number of aliphatic hydroxyl groups is 1. The average Bonchev–Trinajstić information content (AvgIpc) is 2.98. The molecule has 0 amide bonds. The first kappa shape index (κ1) is 19.5. The molecule has 3 aromatic heterocycles. The first-order chi connectivity index (χ1) is 13.3. The van der Waals surface area contributed by atoms with E-state index < -0.39 is 0 Å². The largest absolute Gasteiger partial charge is 0.395 e. The van der Waals surface area contributed by atoms with E-state index in [0.717, 1.165) is 44.8 Å². The lowest BCUT2D eigenvalue weighted by molar-refractivity contribution is -0.0402. The molecule has 0 atom stereocenters. The number of fused-ring (bicyclic) bond motifs is 5. The molecule has 1 aliphatic heterocycles. The Morgan fingerprint density at radius 3 is 2.79 bits per heavy atom. The molecule has 0 saturated carbocycles. The molecule has 0 aromatic carbocycles. The molecular formula is C21H28N4O2S. The summed E-state index contributed by atoms with van der Waals surface area (Å²) in [6.07, 6.45) is 3.42. The van der Waals surface area contributed by atoms with Crippen LogP contribution in [0.3, 0.4) is 0 Å². The summed E-state index contributed by atoms with van der Waals surface area (Å²) in [6, 6.07) is 0. The number of nitrogens with zero attached hydrogens (tertiary/aromatic N) is 4. The molecule has 7 heteroatoms. The molecule has 4 heterocycles. The first-order valence-electron chi connectivity index (χ1n) is 9.84. The Morgan fingerprint density at radius 1 is 1.29 bits per heavy atom. The summed E-state index contributed by atoms with van der Waals surface area (Å²) in [6.45, 7) is 9.97. The van der Waals surface area contributed by atoms with Gasteiger partial charge in [0.15, 0.2) is 0 Å². The second kappa shape index (κ2) is 7.21. The topological polar surface area (TPSA) is 71.4 Å². The van der Waals surface area contributed by atoms with Crippen molar-refractivity contribution in [1.82, 2.24) is 15.0 Å². The van der Waals surface area contributed by atoms with E-state index in [1.54, 1.807) is 17.7 Å². The number of likely N-dealkylation sites (N-methyl/N-ethyl adjacent to an activating group) is 1. The molecule has 6 nitrogen and oxygen atoms in total. The third kappa shape index (κ3) is 3.36. The lowest BCUT2D eigenvalue weighted by atomic mass is 9.88. The fraction of sp³-hybridized carbons (Fsp3) is 0.571. The summed E-state index contributed by atoms with van der Waals surface area (Å²) in [5, 5.41) is 10.5. The minimum atomic E-state index is -0.200. The maximum Gasteiger partial charge on any atom is 0.149 e. The van der Waals surface area contributed by atoms with Crippen LogP contribution in [0, 0.1) is 5.92 Å². The molecular weight excluding hydrogens is 372 g/mol. The van der Waals surface area contributed by atoms with Gasteiger partial charge in [0.05, 0.1) is 29.0 Å². The standard InChI is InChI=1S/C21H28N4O2S/c1-12(2)8-15-14-10-27-21(3,4)9-13(14)16-17-18(28-20(16)24-15)19(23-11-22-17)25(5)6-7-26/h11-12,26H,6-10H2,1-5H3. The predicted molar refractivity (Wildman–Crippen MR) is 114 cm³/mol. The van der Waals surface area contributed by atoms with E-state index in [4.69, 9.17) is 9.72 Å². The van der Waals surface area contributed by atoms with Crippen molar-refractivity contribution in [3.8, 4) is 0 Å². The van der Waals surface area contributed by atoms with Gasteiger partial charge in [0.2, 0.25) is 0 Å². The molecule has 150 valence electrons. The van der Waals surface area contributed by atoms with Gasteiger partial charge in [-0.3, -0.25) is 0 Å². The van der Waals surface area contributed by atoms with Crippen molar-refractivity contribution in [2.24, 2.45) is 5.92 Å². The minimum absolute atomic E-state index is 0.0879. The maximum absolute atomic E-state index is 9.34. The van der Waals surface area contributed by atoms with Crippen LogP contribution in [0.25, 0.3) is 20.4 Å². The van der Waals surface area contributed by atoms with Crippen molar-refractivity contribution in [2.45, 2.75) is 52.7 Å². The molecule has 1 N–H and O–H groups in total. The molecule has 3 aromatic rings. The molecule has 1 aliphatic rings. The van der Waals surface area contributed by atoms with Crippen LogP contribution in [0.15, 0.2) is 6.33 Å². The van der Waals surface area contributed by atoms with E-state index in [9.17, 15) is 5.11 Å². The van der Waals surface area contributed by atoms with E-state index in [2.05, 4.69) is 37.7 Å². The summed E-state index contributed by atoms with van der Waals surface area (Å²) in [5.41, 5.74) is 4.49. The summed E-state index contributed by atoms with van der Waals surface area (Å²) in [4.78, 5) is 17.2. The summed E-state index contributed by atoms with van der Waals surface area (Å²) >= 11 is 1.66. The zero-order valence-corrected chi connectivity index (χ0v) is 18.1. The van der Waals surface area contributed by atoms with Crippen molar-refractivity contribution in [3.05, 3.63) is 23.1 Å². The van der Waals surface area contributed by atoms with Crippen molar-refractivity contribution >= 4 is 37.6 Å². The van der Waals surface area contributed by atoms with Gasteiger partial charge in [-0.25, -0.2) is 15.0 Å². The lowest BCUT2D eigenvalue weighted by Crippen LogP contribution is -2.33. The van der Waals surface area contributed by atoms with Gasteiger partial charge in [-0.1, -0.05) is 13.8 Å². The number of anilines is 1. The van der Waals surface area contributed by atoms with E-state index in [-0.39, 0.29) is 12.2 Å². The molecule has 28 heavy (non-hydrogen) atoms. The second-order valence-electron chi connectivity index (χ2n) is 8.64. The second-order valence-corrected chi connectivity index (χ2v) is 9.64. The summed E-state index contributed by atoms with van der Waals surface area (Å²) < 4.78 is 7.18. The highest BCUT2D eigenvalue weighted by Gasteiger charge is 2.32. The molecule has 0 unspecified atom stereocenters. The van der Waals surface area contributed by atoms with Crippen LogP contribution >= 0.6 is 11.3 Å². The normalized spacial score (nSPS) is 16.1. The van der Waals surface area contributed by atoms with Crippen LogP contribution in [0.2, 0.25) is 0 Å². The number of aromatic nitrogens is 3. The zero-order chi connectivity index (χ0) is 20.1. The van der Waals surface area contributed by atoms with Crippen molar-refractivity contribution < 1.29 is 9.84 Å². The number of ether oxygens (including phenoxy) is 1. The van der Waals surface area contributed by atoms with Crippen molar-refractivity contribution in [1.29, 1.82) is 0 Å². The van der Waals surface area contributed by atoms with Gasteiger partial charge < -0.3 is 14.7 Å². The highest BCUT2D eigenvalue weighted by molar-refractivity contribution is 7.26. The highest BCUT2D eigenvalue weighted by atomic mass is 32.1. The summed E-state index contributed by atoms with van der Waals surface area (Å²) in [7, 11) is 1.95. The Balaban J connectivity index is 2.01. The van der Waals surface area contributed by atoms with Gasteiger partial charge in [-0.2, -0.15) is 0 Å². The minimum Gasteiger partial charge on any atom is -0.395 e. The zero-order valence-electron chi connectivity index (χ0n) is 17.2. The quantitative estimate of drug-likeness (QED) is 0.704. The smallest absolute Gasteiger partial charge is 0.149 e. The fourth-order valence-corrected chi connectivity index (χ4v) is 5.17. The fourth-order valence-electron chi connectivity index (χ4n) is 3.94. The Kier molecular flexibility index (Phi) is 5.02. The van der Waals surface area contributed by atoms with Crippen LogP contribution in [0.1, 0.15) is 44.5 Å². The van der Waals surface area contributed by atoms with Crippen LogP contribution in [-0.2, 0) is 24.2 Å². The number of pyridine rings is 1. The van der Waals surface area contributed by atoms with Gasteiger partial charge in [0.25, 0.3) is 0 Å². The van der Waals surface area contributed by atoms with Gasteiger partial charge in [0.1, 0.15) is 17.0 Å². The number of rotatable bonds is 5. The molecule has 4 rings (SSSR count). The van der Waals surface area contributed by atoms with E-state index in [0.29, 0.717) is 19.1 Å². The van der Waals surface area contributed by atoms with Crippen molar-refractivity contribution in [2.75, 3.05) is 25.1 Å². The molecule has 0 fully saturated rings. The van der Waals surface area contributed by atoms with Gasteiger partial charge in [-0.15, -0.1) is 11.3 Å². The third-order valence-corrected chi connectivity index (χ3v) is 6.36. The van der Waals surface area contributed by atoms with E-state index >= 15 is 0 Å². The van der Waals surface area contributed by atoms with Crippen LogP contribution in [0.4, 0.5) is 5.82 Å². The monoisotopic (exact) mass is 400 g/mol. The molecule has 0 spiro atoms. The van der Waals surface area contributed by atoms with E-state index in [1.165, 1.54) is 11.1 Å². The highest BCUT2D eigenvalue weighted by Crippen LogP contribution is 2.42. The molecule has 0 aliphatic carbocycles. The number of hydrogen-bond acceptors (Lipinski definition) is 7. The Bertz CT molecular complexity index is 1030. The van der Waals surface area contributed by atoms with Crippen molar-refractivity contribution in [3.63, 3.8) is 0 Å². The Hall–Kier alpha value is -1.83. The average molecular weight is 401 g/mol. The summed E-state index contributed by atoms with van der Waals surface area (Å²) in [5.74, 6) is 1.39. The Morgan fingerprint density at radius 2 is 2.07 bits per heavy atom. The van der Waals surface area contributed by atoms with Crippen LogP contribution < -0.4 is 4.90 Å². The molecule has 0 saturated heterocycles. The predicted octanol–water partition coefficient (Wildman–Crippen LogP) is 3.72. The number of hydrogen-bond donors (Lipinski definition) is 1. The SMILES string of the molecule is CC(C)Cc1nc2sc3c(N(C)CCO)ncnc3c2c2c1COC(C)(C)C2. The van der Waals surface area contributed by atoms with E-state index in [1.807, 2.05) is 11.9 Å². The lowest BCUT2D eigenvalue weighted by Gasteiger charge is -2.33. The third-order valence-electron chi connectivity index (χ3n) is 5.29. The maximum atomic E-state index is 9.34. The van der Waals surface area contributed by atoms with Gasteiger partial charge in [0, 0.05) is 36.7 Å².